The van der Waals surface area contributed by atoms with Gasteiger partial charge in [0.25, 0.3) is 5.91 Å². The molecule has 11 nitrogen and oxygen atoms in total. The third kappa shape index (κ3) is 7.21. The normalized spacial score (nSPS) is 19.2. The Kier molecular flexibility index (Phi) is 9.11. The second kappa shape index (κ2) is 12.2. The lowest BCUT2D eigenvalue weighted by Gasteiger charge is -2.30. The van der Waals surface area contributed by atoms with Gasteiger partial charge >= 0.3 is 6.03 Å². The SMILES string of the molecule is O=CN(O)C[C@@H](CC1CCCC1)C(=O)N1CCC[C@H]1C(=O)NC(=O)NCCc1cnccn1. The van der Waals surface area contributed by atoms with Crippen LogP contribution < -0.4 is 10.6 Å². The lowest BCUT2D eigenvalue weighted by atomic mass is 9.91. The molecule has 0 radical (unpaired) electrons. The number of imide groups is 1. The van der Waals surface area contributed by atoms with Crippen molar-refractivity contribution >= 4 is 24.3 Å². The molecule has 180 valence electrons. The molecule has 1 saturated heterocycles. The molecule has 0 bridgehead atoms. The Bertz CT molecular complexity index is 817. The van der Waals surface area contributed by atoms with Gasteiger partial charge in [-0.2, -0.15) is 0 Å². The lowest BCUT2D eigenvalue weighted by Crippen LogP contribution is -2.52. The number of hydroxylamine groups is 2. The summed E-state index contributed by atoms with van der Waals surface area (Å²) >= 11 is 0. The summed E-state index contributed by atoms with van der Waals surface area (Å²) in [5.74, 6) is -1.01. The van der Waals surface area contributed by atoms with Crippen molar-refractivity contribution in [1.82, 2.24) is 30.6 Å². The molecule has 1 aliphatic heterocycles. The number of nitrogens with zero attached hydrogens (tertiary/aromatic N) is 4. The number of hydrogen-bond donors (Lipinski definition) is 3. The molecule has 1 saturated carbocycles. The molecule has 3 N–H and O–H groups in total. The van der Waals surface area contributed by atoms with Crippen LogP contribution in [0.25, 0.3) is 0 Å². The van der Waals surface area contributed by atoms with Gasteiger partial charge in [-0.15, -0.1) is 0 Å². The summed E-state index contributed by atoms with van der Waals surface area (Å²) in [5.41, 5.74) is 0.721. The molecule has 0 spiro atoms. The van der Waals surface area contributed by atoms with E-state index in [1.807, 2.05) is 0 Å². The standard InChI is InChI=1S/C22H32N6O5/c29-15-27(33)14-17(12-16-4-1-2-5-16)21(31)28-11-3-6-19(28)20(30)26-22(32)25-8-7-18-13-23-9-10-24-18/h9-10,13,15-17,19,33H,1-8,11-12,14H2,(H2,25,26,30,32)/t17-,19+/m1/s1. The highest BCUT2D eigenvalue weighted by molar-refractivity contribution is 5.99. The number of amides is 5. The average molecular weight is 461 g/mol. The van der Waals surface area contributed by atoms with E-state index in [1.165, 1.54) is 4.90 Å². The molecular weight excluding hydrogens is 428 g/mol. The molecule has 1 aliphatic carbocycles. The Morgan fingerprint density at radius 3 is 2.70 bits per heavy atom. The van der Waals surface area contributed by atoms with Crippen LogP contribution in [0.5, 0.6) is 0 Å². The van der Waals surface area contributed by atoms with E-state index in [2.05, 4.69) is 20.6 Å². The number of rotatable bonds is 10. The van der Waals surface area contributed by atoms with Crippen molar-refractivity contribution in [1.29, 1.82) is 0 Å². The molecule has 33 heavy (non-hydrogen) atoms. The van der Waals surface area contributed by atoms with Gasteiger partial charge in [0.05, 0.1) is 18.2 Å². The summed E-state index contributed by atoms with van der Waals surface area (Å²) in [6, 6.07) is -1.38. The first-order valence-electron chi connectivity index (χ1n) is 11.5. The molecule has 1 aromatic rings. The lowest BCUT2D eigenvalue weighted by molar-refractivity contribution is -0.158. The minimum Gasteiger partial charge on any atom is -0.337 e. The van der Waals surface area contributed by atoms with Gasteiger partial charge in [-0.25, -0.2) is 9.86 Å². The molecule has 2 atom stereocenters. The Balaban J connectivity index is 1.54. The highest BCUT2D eigenvalue weighted by atomic mass is 16.5. The van der Waals surface area contributed by atoms with E-state index in [1.54, 1.807) is 18.6 Å². The van der Waals surface area contributed by atoms with E-state index < -0.39 is 23.9 Å². The predicted molar refractivity (Wildman–Crippen MR) is 117 cm³/mol. The highest BCUT2D eigenvalue weighted by Gasteiger charge is 2.39. The van der Waals surface area contributed by atoms with Gasteiger partial charge < -0.3 is 10.2 Å². The maximum absolute atomic E-state index is 13.3. The van der Waals surface area contributed by atoms with Crippen molar-refractivity contribution in [3.8, 4) is 0 Å². The zero-order valence-corrected chi connectivity index (χ0v) is 18.7. The number of carbonyl (C=O) groups is 4. The minimum atomic E-state index is -0.752. The van der Waals surface area contributed by atoms with Crippen molar-refractivity contribution in [2.45, 2.75) is 57.4 Å². The summed E-state index contributed by atoms with van der Waals surface area (Å²) in [7, 11) is 0. The number of urea groups is 1. The average Bonchev–Trinajstić information content (AvgIpc) is 3.51. The monoisotopic (exact) mass is 460 g/mol. The molecular formula is C22H32N6O5. The van der Waals surface area contributed by atoms with Gasteiger partial charge in [-0.1, -0.05) is 25.7 Å². The molecule has 3 rings (SSSR count). The fourth-order valence-electron chi connectivity index (χ4n) is 4.71. The quantitative estimate of drug-likeness (QED) is 0.267. The van der Waals surface area contributed by atoms with E-state index in [0.717, 1.165) is 31.4 Å². The molecule has 1 aromatic heterocycles. The third-order valence-electron chi connectivity index (χ3n) is 6.33. The van der Waals surface area contributed by atoms with Crippen molar-refractivity contribution in [2.24, 2.45) is 11.8 Å². The fourth-order valence-corrected chi connectivity index (χ4v) is 4.71. The van der Waals surface area contributed by atoms with Gasteiger partial charge in [0.2, 0.25) is 12.3 Å². The van der Waals surface area contributed by atoms with Gasteiger partial charge in [0.1, 0.15) is 6.04 Å². The molecule has 2 aliphatic rings. The molecule has 0 unspecified atom stereocenters. The molecule has 11 heteroatoms. The Morgan fingerprint density at radius 2 is 2.00 bits per heavy atom. The van der Waals surface area contributed by atoms with E-state index in [0.29, 0.717) is 43.2 Å². The zero-order chi connectivity index (χ0) is 23.6. The van der Waals surface area contributed by atoms with E-state index in [9.17, 15) is 24.4 Å². The summed E-state index contributed by atoms with van der Waals surface area (Å²) in [5, 5.41) is 15.1. The van der Waals surface area contributed by atoms with Crippen LogP contribution in [0.4, 0.5) is 4.79 Å². The molecule has 2 heterocycles. The van der Waals surface area contributed by atoms with Crippen LogP contribution in [0.2, 0.25) is 0 Å². The van der Waals surface area contributed by atoms with Crippen molar-refractivity contribution in [2.75, 3.05) is 19.6 Å². The second-order valence-electron chi connectivity index (χ2n) is 8.69. The van der Waals surface area contributed by atoms with Gasteiger partial charge in [0, 0.05) is 38.1 Å². The van der Waals surface area contributed by atoms with Crippen LogP contribution in [-0.2, 0) is 20.8 Å². The predicted octanol–water partition coefficient (Wildman–Crippen LogP) is 0.880. The Labute approximate surface area is 192 Å². The first-order chi connectivity index (χ1) is 16.0. The summed E-state index contributed by atoms with van der Waals surface area (Å²) < 4.78 is 0. The first kappa shape index (κ1) is 24.6. The molecule has 0 aromatic carbocycles. The molecule has 2 fully saturated rings. The fraction of sp³-hybridized carbons (Fsp3) is 0.636. The minimum absolute atomic E-state index is 0.105. The number of likely N-dealkylation sites (tertiary alicyclic amines) is 1. The topological polar surface area (TPSA) is 145 Å². The smallest absolute Gasteiger partial charge is 0.321 e. The first-order valence-corrected chi connectivity index (χ1v) is 11.5. The second-order valence-corrected chi connectivity index (χ2v) is 8.69. The Hall–Kier alpha value is -3.08. The van der Waals surface area contributed by atoms with Crippen LogP contribution in [0.15, 0.2) is 18.6 Å². The van der Waals surface area contributed by atoms with Gasteiger partial charge in [-0.3, -0.25) is 34.9 Å². The highest BCUT2D eigenvalue weighted by Crippen LogP contribution is 2.32. The number of nitrogens with one attached hydrogen (secondary N) is 2. The number of carbonyl (C=O) groups excluding carboxylic acids is 4. The summed E-state index contributed by atoms with van der Waals surface area (Å²) in [6.45, 7) is 0.581. The summed E-state index contributed by atoms with van der Waals surface area (Å²) in [6.07, 6.45) is 11.4. The van der Waals surface area contributed by atoms with Crippen LogP contribution in [0.1, 0.15) is 50.6 Å². The van der Waals surface area contributed by atoms with E-state index in [-0.39, 0.29) is 25.4 Å². The van der Waals surface area contributed by atoms with Crippen LogP contribution >= 0.6 is 0 Å². The van der Waals surface area contributed by atoms with Crippen LogP contribution in [0.3, 0.4) is 0 Å². The number of aromatic nitrogens is 2. The van der Waals surface area contributed by atoms with Crippen molar-refractivity contribution < 1.29 is 24.4 Å². The largest absolute Gasteiger partial charge is 0.337 e. The van der Waals surface area contributed by atoms with Crippen LogP contribution in [-0.4, -0.2) is 75.1 Å². The van der Waals surface area contributed by atoms with Crippen molar-refractivity contribution in [3.05, 3.63) is 24.3 Å². The van der Waals surface area contributed by atoms with Crippen molar-refractivity contribution in [3.63, 3.8) is 0 Å². The van der Waals surface area contributed by atoms with E-state index in [4.69, 9.17) is 0 Å². The van der Waals surface area contributed by atoms with E-state index >= 15 is 0 Å². The zero-order valence-electron chi connectivity index (χ0n) is 18.7. The maximum Gasteiger partial charge on any atom is 0.321 e. The third-order valence-corrected chi connectivity index (χ3v) is 6.33. The van der Waals surface area contributed by atoms with Crippen LogP contribution in [0, 0.1) is 11.8 Å². The summed E-state index contributed by atoms with van der Waals surface area (Å²) in [4.78, 5) is 58.7. The Morgan fingerprint density at radius 1 is 1.21 bits per heavy atom. The number of hydrogen-bond acceptors (Lipinski definition) is 7. The molecule has 5 amide bonds. The van der Waals surface area contributed by atoms with Gasteiger partial charge in [0.15, 0.2) is 0 Å². The van der Waals surface area contributed by atoms with Gasteiger partial charge in [-0.05, 0) is 25.2 Å². The maximum atomic E-state index is 13.3.